The first-order valence-electron chi connectivity index (χ1n) is 5.79. The van der Waals surface area contributed by atoms with Crippen LogP contribution in [-0.2, 0) is 0 Å². The number of rotatable bonds is 5. The molecule has 8 heteroatoms. The Balaban J connectivity index is 2.35. The molecular weight excluding hydrogens is 344 g/mol. The number of hydrogen-bond donors (Lipinski definition) is 1. The number of hydrogen-bond acceptors (Lipinski definition) is 6. The maximum absolute atomic E-state index is 10.9. The highest BCUT2D eigenvalue weighted by atomic mass is 79.9. The van der Waals surface area contributed by atoms with Gasteiger partial charge in [-0.1, -0.05) is 0 Å². The van der Waals surface area contributed by atoms with Gasteiger partial charge in [-0.25, -0.2) is 9.97 Å². The van der Waals surface area contributed by atoms with Crippen molar-refractivity contribution in [3.05, 3.63) is 45.0 Å². The molecule has 0 aliphatic heterocycles. The van der Waals surface area contributed by atoms with Gasteiger partial charge in [-0.2, -0.15) is 0 Å². The minimum absolute atomic E-state index is 0.00510. The number of pyridine rings is 2. The second kappa shape index (κ2) is 6.67. The lowest BCUT2D eigenvalue weighted by Crippen LogP contribution is -2.01. The summed E-state index contributed by atoms with van der Waals surface area (Å²) in [5, 5.41) is 15.2. The van der Waals surface area contributed by atoms with E-state index < -0.39 is 4.92 Å². The van der Waals surface area contributed by atoms with Crippen LogP contribution in [0.2, 0.25) is 0 Å². The fourth-order valence-corrected chi connectivity index (χ4v) is 2.76. The number of halogens is 1. The topological polar surface area (TPSA) is 81.0 Å². The Bertz CT molecular complexity index is 639. The lowest BCUT2D eigenvalue weighted by molar-refractivity contribution is -0.385. The molecular formula is C12H11BrN4O2S. The fourth-order valence-electron chi connectivity index (χ4n) is 1.47. The van der Waals surface area contributed by atoms with Crippen molar-refractivity contribution in [2.24, 2.45) is 0 Å². The van der Waals surface area contributed by atoms with Gasteiger partial charge in [0.25, 0.3) is 5.69 Å². The normalized spacial score (nSPS) is 10.3. The minimum Gasteiger partial charge on any atom is -0.370 e. The largest absolute Gasteiger partial charge is 0.370 e. The van der Waals surface area contributed by atoms with Crippen molar-refractivity contribution in [2.45, 2.75) is 17.0 Å². The Hall–Kier alpha value is -1.67. The predicted octanol–water partition coefficient (Wildman–Crippen LogP) is 3.73. The molecule has 0 aromatic carbocycles. The lowest BCUT2D eigenvalue weighted by Gasteiger charge is -2.06. The van der Waals surface area contributed by atoms with Crippen molar-refractivity contribution >= 4 is 39.2 Å². The summed E-state index contributed by atoms with van der Waals surface area (Å²) >= 11 is 4.66. The summed E-state index contributed by atoms with van der Waals surface area (Å²) in [5.74, 6) is 0.483. The first-order chi connectivity index (χ1) is 9.60. The molecule has 2 rings (SSSR count). The highest BCUT2D eigenvalue weighted by Gasteiger charge is 2.13. The van der Waals surface area contributed by atoms with Gasteiger partial charge in [-0.05, 0) is 46.7 Å². The van der Waals surface area contributed by atoms with Gasteiger partial charge in [0.05, 0.1) is 15.5 Å². The SMILES string of the molecule is CCNc1cc([N+](=O)[O-])cc(Sc2ncccc2Br)n1. The molecule has 0 aliphatic rings. The van der Waals surface area contributed by atoms with E-state index in [2.05, 4.69) is 31.2 Å². The Kier molecular flexibility index (Phi) is 4.91. The molecule has 0 radical (unpaired) electrons. The summed E-state index contributed by atoms with van der Waals surface area (Å²) < 4.78 is 0.823. The van der Waals surface area contributed by atoms with Crippen LogP contribution in [0, 0.1) is 10.1 Å². The third kappa shape index (κ3) is 3.67. The molecule has 1 N–H and O–H groups in total. The molecule has 0 spiro atoms. The molecule has 0 saturated heterocycles. The molecule has 104 valence electrons. The summed E-state index contributed by atoms with van der Waals surface area (Å²) in [6.07, 6.45) is 1.66. The number of anilines is 1. The van der Waals surface area contributed by atoms with Crippen molar-refractivity contribution in [3.63, 3.8) is 0 Å². The summed E-state index contributed by atoms with van der Waals surface area (Å²) in [4.78, 5) is 19.1. The van der Waals surface area contributed by atoms with Crippen molar-refractivity contribution in [3.8, 4) is 0 Å². The van der Waals surface area contributed by atoms with Gasteiger partial charge >= 0.3 is 0 Å². The van der Waals surface area contributed by atoms with Crippen LogP contribution < -0.4 is 5.32 Å². The average molecular weight is 355 g/mol. The van der Waals surface area contributed by atoms with Gasteiger partial charge in [0.2, 0.25) is 0 Å². The Labute approximate surface area is 128 Å². The second-order valence-corrected chi connectivity index (χ2v) is 5.59. The molecule has 0 saturated carbocycles. The summed E-state index contributed by atoms with van der Waals surface area (Å²) in [6.45, 7) is 2.55. The van der Waals surface area contributed by atoms with Crippen LogP contribution in [0.25, 0.3) is 0 Å². The molecule has 20 heavy (non-hydrogen) atoms. The van der Waals surface area contributed by atoms with Crippen molar-refractivity contribution in [1.29, 1.82) is 0 Å². The van der Waals surface area contributed by atoms with Crippen molar-refractivity contribution in [2.75, 3.05) is 11.9 Å². The highest BCUT2D eigenvalue weighted by molar-refractivity contribution is 9.10. The van der Waals surface area contributed by atoms with E-state index in [0.29, 0.717) is 22.4 Å². The maximum Gasteiger partial charge on any atom is 0.275 e. The van der Waals surface area contributed by atoms with E-state index in [4.69, 9.17) is 0 Å². The van der Waals surface area contributed by atoms with Gasteiger partial charge in [-0.3, -0.25) is 10.1 Å². The predicted molar refractivity (Wildman–Crippen MR) is 81.1 cm³/mol. The van der Waals surface area contributed by atoms with E-state index in [1.807, 2.05) is 13.0 Å². The molecule has 0 aliphatic carbocycles. The fraction of sp³-hybridized carbons (Fsp3) is 0.167. The van der Waals surface area contributed by atoms with E-state index in [-0.39, 0.29) is 5.69 Å². The molecule has 2 aromatic heterocycles. The van der Waals surface area contributed by atoms with Gasteiger partial charge in [-0.15, -0.1) is 0 Å². The Morgan fingerprint density at radius 2 is 2.30 bits per heavy atom. The molecule has 2 heterocycles. The molecule has 0 bridgehead atoms. The first-order valence-corrected chi connectivity index (χ1v) is 7.40. The van der Waals surface area contributed by atoms with E-state index in [9.17, 15) is 10.1 Å². The first kappa shape index (κ1) is 14.7. The summed E-state index contributed by atoms with van der Waals surface area (Å²) in [5.41, 5.74) is 0.00510. The number of aromatic nitrogens is 2. The lowest BCUT2D eigenvalue weighted by atomic mass is 10.4. The monoisotopic (exact) mass is 354 g/mol. The molecule has 6 nitrogen and oxygen atoms in total. The zero-order valence-electron chi connectivity index (χ0n) is 10.5. The Morgan fingerprint density at radius 1 is 1.50 bits per heavy atom. The molecule has 0 unspecified atom stereocenters. The van der Waals surface area contributed by atoms with Crippen LogP contribution in [0.15, 0.2) is 45.0 Å². The third-order valence-corrected chi connectivity index (χ3v) is 4.12. The minimum atomic E-state index is -0.431. The van der Waals surface area contributed by atoms with Crippen LogP contribution in [0.3, 0.4) is 0 Å². The smallest absolute Gasteiger partial charge is 0.275 e. The number of nitrogens with zero attached hydrogens (tertiary/aromatic N) is 3. The van der Waals surface area contributed by atoms with Gasteiger partial charge in [0.1, 0.15) is 15.9 Å². The van der Waals surface area contributed by atoms with Crippen LogP contribution >= 0.6 is 27.7 Å². The van der Waals surface area contributed by atoms with Crippen LogP contribution in [0.5, 0.6) is 0 Å². The molecule has 0 atom stereocenters. The van der Waals surface area contributed by atoms with Crippen molar-refractivity contribution < 1.29 is 4.92 Å². The van der Waals surface area contributed by atoms with E-state index >= 15 is 0 Å². The molecule has 0 fully saturated rings. The number of nitrogens with one attached hydrogen (secondary N) is 1. The van der Waals surface area contributed by atoms with Crippen molar-refractivity contribution in [1.82, 2.24) is 9.97 Å². The summed E-state index contributed by atoms with van der Waals surface area (Å²) in [7, 11) is 0. The zero-order chi connectivity index (χ0) is 14.5. The van der Waals surface area contributed by atoms with Gasteiger partial charge in [0, 0.05) is 18.8 Å². The van der Waals surface area contributed by atoms with Crippen LogP contribution in [0.1, 0.15) is 6.92 Å². The van der Waals surface area contributed by atoms with E-state index in [1.54, 1.807) is 12.3 Å². The van der Waals surface area contributed by atoms with Gasteiger partial charge in [0.15, 0.2) is 0 Å². The second-order valence-electron chi connectivity index (χ2n) is 3.73. The highest BCUT2D eigenvalue weighted by Crippen LogP contribution is 2.33. The molecule has 0 amide bonds. The maximum atomic E-state index is 10.9. The number of nitro groups is 1. The zero-order valence-corrected chi connectivity index (χ0v) is 12.9. The van der Waals surface area contributed by atoms with E-state index in [0.717, 1.165) is 4.47 Å². The quantitative estimate of drug-likeness (QED) is 0.650. The van der Waals surface area contributed by atoms with E-state index in [1.165, 1.54) is 23.9 Å². The van der Waals surface area contributed by atoms with Crippen LogP contribution in [-0.4, -0.2) is 21.4 Å². The Morgan fingerprint density at radius 3 is 2.95 bits per heavy atom. The molecule has 2 aromatic rings. The van der Waals surface area contributed by atoms with Gasteiger partial charge < -0.3 is 5.32 Å². The van der Waals surface area contributed by atoms with Crippen LogP contribution in [0.4, 0.5) is 11.5 Å². The third-order valence-electron chi connectivity index (χ3n) is 2.28. The summed E-state index contributed by atoms with van der Waals surface area (Å²) in [6, 6.07) is 6.52. The average Bonchev–Trinajstić information content (AvgIpc) is 2.41. The standard InChI is InChI=1S/C12H11BrN4O2S/c1-2-14-10-6-8(17(18)19)7-11(16-10)20-12-9(13)4-3-5-15-12/h3-7H,2H2,1H3,(H,14,16).